The molecule has 3 rings (SSSR count). The van der Waals surface area contributed by atoms with Gasteiger partial charge in [0.1, 0.15) is 5.54 Å². The minimum absolute atomic E-state index is 0.0296. The summed E-state index contributed by atoms with van der Waals surface area (Å²) in [6.07, 6.45) is 0.780. The van der Waals surface area contributed by atoms with Crippen LogP contribution in [0.3, 0.4) is 0 Å². The van der Waals surface area contributed by atoms with E-state index in [0.717, 1.165) is 11.1 Å². The second kappa shape index (κ2) is 9.75. The largest absolute Gasteiger partial charge is 0.353 e. The summed E-state index contributed by atoms with van der Waals surface area (Å²) >= 11 is 0. The maximum atomic E-state index is 13.6. The van der Waals surface area contributed by atoms with Crippen LogP contribution in [0.2, 0.25) is 0 Å². The Labute approximate surface area is 183 Å². The van der Waals surface area contributed by atoms with Crippen LogP contribution in [0.25, 0.3) is 0 Å². The number of urea groups is 1. The van der Waals surface area contributed by atoms with Crippen LogP contribution in [0.5, 0.6) is 0 Å². The van der Waals surface area contributed by atoms with Crippen LogP contribution in [-0.4, -0.2) is 59.5 Å². The van der Waals surface area contributed by atoms with Gasteiger partial charge in [0, 0.05) is 18.9 Å². The van der Waals surface area contributed by atoms with E-state index in [1.165, 1.54) is 4.90 Å². The van der Waals surface area contributed by atoms with Crippen molar-refractivity contribution in [2.75, 3.05) is 20.3 Å². The summed E-state index contributed by atoms with van der Waals surface area (Å²) in [6.45, 7) is 3.91. The molecule has 164 valence electrons. The lowest BCUT2D eigenvalue weighted by atomic mass is 9.84. The average molecular weight is 423 g/mol. The van der Waals surface area contributed by atoms with E-state index in [-0.39, 0.29) is 31.1 Å². The molecule has 1 fully saturated rings. The van der Waals surface area contributed by atoms with E-state index in [2.05, 4.69) is 10.6 Å². The standard InChI is InChI=1S/C24H30N4O3/c1-18(2)25-21(29)16-27(3)17-28-22(30)24(26-23(28)31,14-19-10-6-4-7-11-19)15-20-12-8-5-9-13-20/h4-13,18H,14-17H2,1-3H3,(H,25,29)(H,26,31). The number of imide groups is 1. The fourth-order valence-electron chi connectivity index (χ4n) is 3.90. The number of carbonyl (C=O) groups excluding carboxylic acids is 3. The Hall–Kier alpha value is -3.19. The molecule has 0 radical (unpaired) electrons. The molecule has 1 aliphatic heterocycles. The maximum Gasteiger partial charge on any atom is 0.326 e. The van der Waals surface area contributed by atoms with Crippen LogP contribution in [0, 0.1) is 0 Å². The van der Waals surface area contributed by atoms with Gasteiger partial charge in [0.15, 0.2) is 0 Å². The zero-order valence-corrected chi connectivity index (χ0v) is 18.3. The van der Waals surface area contributed by atoms with Gasteiger partial charge in [0.25, 0.3) is 5.91 Å². The van der Waals surface area contributed by atoms with Crippen LogP contribution in [0.4, 0.5) is 4.79 Å². The lowest BCUT2D eigenvalue weighted by Crippen LogP contribution is -2.51. The first-order valence-electron chi connectivity index (χ1n) is 10.5. The summed E-state index contributed by atoms with van der Waals surface area (Å²) in [5.41, 5.74) is 0.873. The number of nitrogens with one attached hydrogen (secondary N) is 2. The van der Waals surface area contributed by atoms with E-state index in [4.69, 9.17) is 0 Å². The first-order valence-corrected chi connectivity index (χ1v) is 10.5. The number of rotatable bonds is 9. The summed E-state index contributed by atoms with van der Waals surface area (Å²) in [4.78, 5) is 41.3. The number of likely N-dealkylation sites (N-methyl/N-ethyl adjacent to an activating group) is 1. The smallest absolute Gasteiger partial charge is 0.326 e. The summed E-state index contributed by atoms with van der Waals surface area (Å²) < 4.78 is 0. The highest BCUT2D eigenvalue weighted by atomic mass is 16.2. The molecule has 1 saturated heterocycles. The predicted octanol–water partition coefficient (Wildman–Crippen LogP) is 2.18. The van der Waals surface area contributed by atoms with Crippen molar-refractivity contribution in [3.8, 4) is 0 Å². The molecule has 4 amide bonds. The van der Waals surface area contributed by atoms with Crippen molar-refractivity contribution >= 4 is 17.8 Å². The number of nitrogens with zero attached hydrogens (tertiary/aromatic N) is 2. The molecule has 2 aromatic rings. The zero-order chi connectivity index (χ0) is 22.4. The maximum absolute atomic E-state index is 13.6. The summed E-state index contributed by atoms with van der Waals surface area (Å²) in [5.74, 6) is -0.425. The third-order valence-electron chi connectivity index (χ3n) is 5.19. The highest BCUT2D eigenvalue weighted by Crippen LogP contribution is 2.27. The molecule has 0 saturated carbocycles. The number of amides is 4. The van der Waals surface area contributed by atoms with E-state index in [0.29, 0.717) is 12.8 Å². The number of benzene rings is 2. The van der Waals surface area contributed by atoms with Gasteiger partial charge >= 0.3 is 6.03 Å². The summed E-state index contributed by atoms with van der Waals surface area (Å²) in [5, 5.41) is 5.78. The second-order valence-corrected chi connectivity index (χ2v) is 8.45. The van der Waals surface area contributed by atoms with Crippen molar-refractivity contribution in [2.45, 2.75) is 38.3 Å². The Balaban J connectivity index is 1.80. The normalized spacial score (nSPS) is 15.5. The fraction of sp³-hybridized carbons (Fsp3) is 0.375. The topological polar surface area (TPSA) is 81.8 Å². The molecular formula is C24H30N4O3. The minimum Gasteiger partial charge on any atom is -0.353 e. The van der Waals surface area contributed by atoms with Gasteiger partial charge < -0.3 is 10.6 Å². The van der Waals surface area contributed by atoms with E-state index in [1.54, 1.807) is 11.9 Å². The number of carbonyl (C=O) groups is 3. The summed E-state index contributed by atoms with van der Waals surface area (Å²) in [7, 11) is 1.72. The molecular weight excluding hydrogens is 392 g/mol. The quantitative estimate of drug-likeness (QED) is 0.607. The van der Waals surface area contributed by atoms with Gasteiger partial charge in [-0.3, -0.25) is 14.5 Å². The molecule has 0 atom stereocenters. The Kier molecular flexibility index (Phi) is 7.07. The molecule has 0 unspecified atom stereocenters. The second-order valence-electron chi connectivity index (χ2n) is 8.45. The highest BCUT2D eigenvalue weighted by molar-refractivity contribution is 6.07. The van der Waals surface area contributed by atoms with E-state index < -0.39 is 11.6 Å². The zero-order valence-electron chi connectivity index (χ0n) is 18.3. The Bertz CT molecular complexity index is 873. The van der Waals surface area contributed by atoms with Gasteiger partial charge in [-0.15, -0.1) is 0 Å². The monoisotopic (exact) mass is 422 g/mol. The molecule has 7 heteroatoms. The molecule has 0 aromatic heterocycles. The Morgan fingerprint density at radius 2 is 1.52 bits per heavy atom. The molecule has 0 aliphatic carbocycles. The minimum atomic E-state index is -1.07. The van der Waals surface area contributed by atoms with Crippen molar-refractivity contribution in [2.24, 2.45) is 0 Å². The van der Waals surface area contributed by atoms with Gasteiger partial charge in [0.2, 0.25) is 5.91 Å². The van der Waals surface area contributed by atoms with Crippen molar-refractivity contribution in [1.29, 1.82) is 0 Å². The average Bonchev–Trinajstić information content (AvgIpc) is 2.92. The van der Waals surface area contributed by atoms with Gasteiger partial charge in [-0.2, -0.15) is 0 Å². The first-order chi connectivity index (χ1) is 14.8. The molecule has 0 spiro atoms. The number of hydrogen-bond donors (Lipinski definition) is 2. The van der Waals surface area contributed by atoms with E-state index in [9.17, 15) is 14.4 Å². The van der Waals surface area contributed by atoms with E-state index in [1.807, 2.05) is 74.5 Å². The first kappa shape index (κ1) is 22.5. The van der Waals surface area contributed by atoms with Gasteiger partial charge in [0.05, 0.1) is 13.2 Å². The lowest BCUT2D eigenvalue weighted by Gasteiger charge is -2.28. The third-order valence-corrected chi connectivity index (χ3v) is 5.19. The molecule has 31 heavy (non-hydrogen) atoms. The molecule has 1 aliphatic rings. The Morgan fingerprint density at radius 3 is 2.00 bits per heavy atom. The van der Waals surface area contributed by atoms with Crippen molar-refractivity contribution in [3.63, 3.8) is 0 Å². The summed E-state index contributed by atoms with van der Waals surface area (Å²) in [6, 6.07) is 18.9. The van der Waals surface area contributed by atoms with Crippen LogP contribution in [-0.2, 0) is 22.4 Å². The van der Waals surface area contributed by atoms with Crippen molar-refractivity contribution < 1.29 is 14.4 Å². The van der Waals surface area contributed by atoms with Crippen LogP contribution < -0.4 is 10.6 Å². The number of hydrogen-bond acceptors (Lipinski definition) is 4. The fourth-order valence-corrected chi connectivity index (χ4v) is 3.90. The van der Waals surface area contributed by atoms with Gasteiger partial charge in [-0.05, 0) is 32.0 Å². The third kappa shape index (κ3) is 5.70. The van der Waals surface area contributed by atoms with Crippen LogP contribution in [0.15, 0.2) is 60.7 Å². The SMILES string of the molecule is CC(C)NC(=O)CN(C)CN1C(=O)NC(Cc2ccccc2)(Cc2ccccc2)C1=O. The van der Waals surface area contributed by atoms with Gasteiger partial charge in [-0.1, -0.05) is 60.7 Å². The lowest BCUT2D eigenvalue weighted by molar-refractivity contribution is -0.133. The molecule has 0 bridgehead atoms. The van der Waals surface area contributed by atoms with Crippen LogP contribution in [0.1, 0.15) is 25.0 Å². The molecule has 2 aromatic carbocycles. The van der Waals surface area contributed by atoms with Crippen LogP contribution >= 0.6 is 0 Å². The highest BCUT2D eigenvalue weighted by Gasteiger charge is 2.51. The predicted molar refractivity (Wildman–Crippen MR) is 119 cm³/mol. The molecule has 7 nitrogen and oxygen atoms in total. The van der Waals surface area contributed by atoms with Crippen molar-refractivity contribution in [3.05, 3.63) is 71.8 Å². The van der Waals surface area contributed by atoms with E-state index >= 15 is 0 Å². The Morgan fingerprint density at radius 1 is 1.00 bits per heavy atom. The van der Waals surface area contributed by atoms with Crippen molar-refractivity contribution in [1.82, 2.24) is 20.4 Å². The molecule has 2 N–H and O–H groups in total. The molecule has 1 heterocycles. The van der Waals surface area contributed by atoms with Gasteiger partial charge in [-0.25, -0.2) is 9.69 Å².